The van der Waals surface area contributed by atoms with Gasteiger partial charge < -0.3 is 14.0 Å². The van der Waals surface area contributed by atoms with Crippen LogP contribution in [0.5, 0.6) is 0 Å². The molecule has 3 aromatic rings. The minimum atomic E-state index is -2.56. The van der Waals surface area contributed by atoms with Crippen molar-refractivity contribution >= 4 is 22.4 Å². The molecule has 4 nitrogen and oxygen atoms in total. The summed E-state index contributed by atoms with van der Waals surface area (Å²) in [6.45, 7) is 0.887. The lowest BCUT2D eigenvalue weighted by atomic mass is 10.1. The molecule has 0 aliphatic carbocycles. The van der Waals surface area contributed by atoms with Crippen molar-refractivity contribution in [3.63, 3.8) is 0 Å². The monoisotopic (exact) mass is 332 g/mol. The molecule has 0 N–H and O–H groups in total. The second kappa shape index (κ2) is 6.57. The molecule has 0 fully saturated rings. The molecule has 2 aromatic heterocycles. The van der Waals surface area contributed by atoms with Crippen molar-refractivity contribution in [2.75, 3.05) is 27.2 Å². The first kappa shape index (κ1) is 16.4. The summed E-state index contributed by atoms with van der Waals surface area (Å²) in [6.07, 6.45) is -1.19. The van der Waals surface area contributed by atoms with E-state index in [0.29, 0.717) is 28.5 Å². The fourth-order valence-corrected chi connectivity index (χ4v) is 2.69. The van der Waals surface area contributed by atoms with Gasteiger partial charge in [-0.25, -0.2) is 13.6 Å². The molecule has 0 aliphatic heterocycles. The summed E-state index contributed by atoms with van der Waals surface area (Å²) in [5.41, 5.74) is 1.59. The van der Waals surface area contributed by atoms with Gasteiger partial charge in [0.15, 0.2) is 0 Å². The van der Waals surface area contributed by atoms with Gasteiger partial charge in [-0.15, -0.1) is 0 Å². The molecule has 2 heterocycles. The molecule has 0 saturated heterocycles. The van der Waals surface area contributed by atoms with E-state index in [9.17, 15) is 13.6 Å². The third-order valence-electron chi connectivity index (χ3n) is 3.89. The fourth-order valence-electron chi connectivity index (χ4n) is 2.69. The Labute approximate surface area is 138 Å². The highest BCUT2D eigenvalue weighted by atomic mass is 19.3. The summed E-state index contributed by atoms with van der Waals surface area (Å²) in [5.74, 6) is -0.444. The maximum Gasteiger partial charge on any atom is 0.341 e. The van der Waals surface area contributed by atoms with Crippen molar-refractivity contribution in [1.82, 2.24) is 9.30 Å². The van der Waals surface area contributed by atoms with Crippen LogP contribution in [0.4, 0.5) is 8.78 Å². The molecule has 3 rings (SSSR count). The Morgan fingerprint density at radius 1 is 1.17 bits per heavy atom. The largest absolute Gasteiger partial charge is 0.461 e. The molecule has 0 unspecified atom stereocenters. The Morgan fingerprint density at radius 3 is 2.62 bits per heavy atom. The van der Waals surface area contributed by atoms with Crippen molar-refractivity contribution in [3.8, 4) is 0 Å². The van der Waals surface area contributed by atoms with E-state index in [1.165, 1.54) is 12.3 Å². The van der Waals surface area contributed by atoms with Gasteiger partial charge >= 0.3 is 5.97 Å². The van der Waals surface area contributed by atoms with Crippen LogP contribution in [0.2, 0.25) is 0 Å². The van der Waals surface area contributed by atoms with E-state index in [1.807, 2.05) is 31.1 Å². The van der Waals surface area contributed by atoms with Crippen LogP contribution in [0, 0.1) is 0 Å². The van der Waals surface area contributed by atoms with Gasteiger partial charge in [-0.3, -0.25) is 0 Å². The van der Waals surface area contributed by atoms with Crippen molar-refractivity contribution < 1.29 is 18.3 Å². The Bertz CT molecular complexity index is 887. The van der Waals surface area contributed by atoms with Crippen LogP contribution in [0.1, 0.15) is 22.3 Å². The second-order valence-corrected chi connectivity index (χ2v) is 5.85. The van der Waals surface area contributed by atoms with Crippen molar-refractivity contribution in [2.45, 2.75) is 6.43 Å². The zero-order valence-corrected chi connectivity index (χ0v) is 13.5. The van der Waals surface area contributed by atoms with Gasteiger partial charge in [-0.1, -0.05) is 18.2 Å². The van der Waals surface area contributed by atoms with E-state index < -0.39 is 12.4 Å². The first-order valence-electron chi connectivity index (χ1n) is 7.61. The van der Waals surface area contributed by atoms with Crippen molar-refractivity contribution in [1.29, 1.82) is 0 Å². The molecule has 6 heteroatoms. The van der Waals surface area contributed by atoms with Crippen LogP contribution in [0.15, 0.2) is 42.6 Å². The van der Waals surface area contributed by atoms with E-state index in [-0.39, 0.29) is 12.2 Å². The van der Waals surface area contributed by atoms with E-state index in [4.69, 9.17) is 4.74 Å². The summed E-state index contributed by atoms with van der Waals surface area (Å²) in [6, 6.07) is 10.1. The second-order valence-electron chi connectivity index (χ2n) is 5.85. The summed E-state index contributed by atoms with van der Waals surface area (Å²) in [4.78, 5) is 14.4. The number of esters is 1. The number of benzene rings is 1. The number of ether oxygens (including phenoxy) is 1. The van der Waals surface area contributed by atoms with E-state index in [0.717, 1.165) is 0 Å². The van der Waals surface area contributed by atoms with Gasteiger partial charge in [0.25, 0.3) is 6.43 Å². The molecular weight excluding hydrogens is 314 g/mol. The molecule has 0 amide bonds. The fraction of sp³-hybridized carbons (Fsp3) is 0.278. The Hall–Kier alpha value is -2.47. The first-order valence-corrected chi connectivity index (χ1v) is 7.61. The highest BCUT2D eigenvalue weighted by molar-refractivity contribution is 6.11. The minimum absolute atomic E-state index is 0.0872. The van der Waals surface area contributed by atoms with Gasteiger partial charge in [0.05, 0.1) is 16.6 Å². The van der Waals surface area contributed by atoms with E-state index in [2.05, 4.69) is 0 Å². The number of fused-ring (bicyclic) bond motifs is 3. The molecule has 0 aliphatic rings. The van der Waals surface area contributed by atoms with E-state index in [1.54, 1.807) is 22.6 Å². The molecule has 0 radical (unpaired) electrons. The summed E-state index contributed by atoms with van der Waals surface area (Å²) in [7, 11) is 3.78. The van der Waals surface area contributed by atoms with Crippen LogP contribution >= 0.6 is 0 Å². The van der Waals surface area contributed by atoms with Crippen LogP contribution in [0.3, 0.4) is 0 Å². The number of carbonyl (C=O) groups is 1. The lowest BCUT2D eigenvalue weighted by molar-refractivity contribution is 0.0486. The number of likely N-dealkylation sites (N-methyl/N-ethyl adjacent to an activating group) is 1. The van der Waals surface area contributed by atoms with Gasteiger partial charge in [-0.05, 0) is 32.3 Å². The summed E-state index contributed by atoms with van der Waals surface area (Å²) >= 11 is 0. The highest BCUT2D eigenvalue weighted by Gasteiger charge is 2.20. The summed E-state index contributed by atoms with van der Waals surface area (Å²) in [5, 5.41) is 0.693. The Kier molecular flexibility index (Phi) is 4.49. The number of carbonyl (C=O) groups excluding carboxylic acids is 1. The minimum Gasteiger partial charge on any atom is -0.461 e. The topological polar surface area (TPSA) is 34.0 Å². The number of hydrogen-bond donors (Lipinski definition) is 0. The average molecular weight is 332 g/mol. The van der Waals surface area contributed by atoms with Crippen molar-refractivity contribution in [2.24, 2.45) is 0 Å². The number of hydrogen-bond acceptors (Lipinski definition) is 3. The van der Waals surface area contributed by atoms with E-state index >= 15 is 0 Å². The van der Waals surface area contributed by atoms with Gasteiger partial charge in [0.1, 0.15) is 6.61 Å². The molecule has 0 bridgehead atoms. The zero-order valence-electron chi connectivity index (χ0n) is 13.5. The number of halogens is 2. The Morgan fingerprint density at radius 2 is 1.92 bits per heavy atom. The van der Waals surface area contributed by atoms with Crippen molar-refractivity contribution in [3.05, 3.63) is 53.7 Å². The predicted molar refractivity (Wildman–Crippen MR) is 88.7 cm³/mol. The van der Waals surface area contributed by atoms with Gasteiger partial charge in [0.2, 0.25) is 0 Å². The number of alkyl halides is 2. The van der Waals surface area contributed by atoms with Gasteiger partial charge in [0, 0.05) is 23.7 Å². The van der Waals surface area contributed by atoms with Crippen LogP contribution in [0.25, 0.3) is 16.4 Å². The van der Waals surface area contributed by atoms with Crippen LogP contribution in [-0.4, -0.2) is 42.5 Å². The molecule has 1 aromatic carbocycles. The summed E-state index contributed by atoms with van der Waals surface area (Å²) < 4.78 is 33.0. The third-order valence-corrected chi connectivity index (χ3v) is 3.89. The zero-order chi connectivity index (χ0) is 17.3. The SMILES string of the molecule is CN(C)CCOC(=O)c1c2ccccc2n2cc(C(F)F)ccc12. The maximum absolute atomic E-state index is 13.0. The number of rotatable bonds is 5. The van der Waals surface area contributed by atoms with Crippen LogP contribution < -0.4 is 0 Å². The highest BCUT2D eigenvalue weighted by Crippen LogP contribution is 2.29. The predicted octanol–water partition coefficient (Wildman–Crippen LogP) is 3.75. The number of nitrogens with zero attached hydrogens (tertiary/aromatic N) is 2. The lowest BCUT2D eigenvalue weighted by Gasteiger charge is -2.10. The molecule has 24 heavy (non-hydrogen) atoms. The van der Waals surface area contributed by atoms with Crippen LogP contribution in [-0.2, 0) is 4.74 Å². The maximum atomic E-state index is 13.0. The number of para-hydroxylation sites is 1. The molecular formula is C18H18F2N2O2. The molecule has 0 atom stereocenters. The standard InChI is InChI=1S/C18H18F2N2O2/c1-21(2)9-10-24-18(23)16-13-5-3-4-6-14(13)22-11-12(17(19)20)7-8-15(16)22/h3-8,11,17H,9-10H2,1-2H3. The lowest BCUT2D eigenvalue weighted by Crippen LogP contribution is -2.20. The third kappa shape index (κ3) is 2.97. The normalized spacial score (nSPS) is 11.8. The van der Waals surface area contributed by atoms with Gasteiger partial charge in [-0.2, -0.15) is 0 Å². The quantitative estimate of drug-likeness (QED) is 0.667. The number of pyridine rings is 1. The number of aromatic nitrogens is 1. The average Bonchev–Trinajstić information content (AvgIpc) is 2.88. The molecule has 0 spiro atoms. The Balaban J connectivity index is 2.10. The smallest absolute Gasteiger partial charge is 0.341 e. The molecule has 126 valence electrons. The molecule has 0 saturated carbocycles. The first-order chi connectivity index (χ1) is 11.5.